The van der Waals surface area contributed by atoms with Crippen LogP contribution in [0.3, 0.4) is 0 Å². The van der Waals surface area contributed by atoms with E-state index >= 15 is 0 Å². The quantitative estimate of drug-likeness (QED) is 0.803. The van der Waals surface area contributed by atoms with Crippen LogP contribution in [0.2, 0.25) is 0 Å². The highest BCUT2D eigenvalue weighted by molar-refractivity contribution is 5.78. The molecule has 0 saturated carbocycles. The van der Waals surface area contributed by atoms with Crippen LogP contribution in [0.25, 0.3) is 10.9 Å². The molecule has 0 aliphatic carbocycles. The van der Waals surface area contributed by atoms with Gasteiger partial charge >= 0.3 is 0 Å². The molecule has 0 amide bonds. The van der Waals surface area contributed by atoms with Gasteiger partial charge in [0.2, 0.25) is 5.95 Å². The van der Waals surface area contributed by atoms with Gasteiger partial charge in [-0.05, 0) is 44.1 Å². The third kappa shape index (κ3) is 3.02. The Balaban J connectivity index is 1.81. The van der Waals surface area contributed by atoms with E-state index in [0.717, 1.165) is 6.07 Å². The fourth-order valence-corrected chi connectivity index (χ4v) is 2.49. The number of rotatable bonds is 3. The number of aromatic nitrogens is 2. The predicted octanol–water partition coefficient (Wildman–Crippen LogP) is 1.57. The van der Waals surface area contributed by atoms with Crippen molar-refractivity contribution < 1.29 is 8.78 Å². The number of hydrogen-bond donors (Lipinski definition) is 3. The third-order valence-corrected chi connectivity index (χ3v) is 3.74. The maximum atomic E-state index is 14.5. The van der Waals surface area contributed by atoms with Crippen molar-refractivity contribution >= 4 is 16.9 Å². The molecular weight excluding hydrogens is 278 g/mol. The average molecular weight is 294 g/mol. The number of anilines is 1. The monoisotopic (exact) mass is 294 g/mol. The van der Waals surface area contributed by atoms with Gasteiger partial charge in [0.25, 0.3) is 5.56 Å². The van der Waals surface area contributed by atoms with E-state index in [9.17, 15) is 13.6 Å². The highest BCUT2D eigenvalue weighted by Gasteiger charge is 2.31. The molecule has 0 radical (unpaired) electrons. The zero-order valence-electron chi connectivity index (χ0n) is 11.4. The fourth-order valence-electron chi connectivity index (χ4n) is 2.49. The lowest BCUT2D eigenvalue weighted by Crippen LogP contribution is -2.43. The Labute approximate surface area is 119 Å². The van der Waals surface area contributed by atoms with Crippen LogP contribution in [0.1, 0.15) is 12.8 Å². The summed E-state index contributed by atoms with van der Waals surface area (Å²) in [6.45, 7) is 1.36. The molecule has 3 rings (SSSR count). The van der Waals surface area contributed by atoms with E-state index in [0.29, 0.717) is 31.4 Å². The minimum Gasteiger partial charge on any atom is -0.353 e. The number of piperidine rings is 1. The molecule has 112 valence electrons. The van der Waals surface area contributed by atoms with Crippen LogP contribution in [0, 0.1) is 5.82 Å². The lowest BCUT2D eigenvalue weighted by atomic mass is 9.94. The molecule has 7 heteroatoms. The molecule has 2 heterocycles. The standard InChI is InChI=1S/C14H16F2N4O/c15-9-1-2-11-10(7-9)12(21)20-13(19-11)18-8-14(16)3-5-17-6-4-14/h1-2,7,17H,3-6,8H2,(H2,18,19,20,21). The van der Waals surface area contributed by atoms with Crippen LogP contribution in [0.5, 0.6) is 0 Å². The minimum absolute atomic E-state index is 0.0876. The third-order valence-electron chi connectivity index (χ3n) is 3.74. The van der Waals surface area contributed by atoms with Gasteiger partial charge in [-0.15, -0.1) is 0 Å². The van der Waals surface area contributed by atoms with Gasteiger partial charge in [0.1, 0.15) is 11.5 Å². The van der Waals surface area contributed by atoms with Crippen LogP contribution in [0.15, 0.2) is 23.0 Å². The average Bonchev–Trinajstić information content (AvgIpc) is 2.47. The Hall–Kier alpha value is -2.02. The Bertz CT molecular complexity index is 710. The molecule has 0 atom stereocenters. The molecule has 0 bridgehead atoms. The summed E-state index contributed by atoms with van der Waals surface area (Å²) in [5, 5.41) is 6.12. The summed E-state index contributed by atoms with van der Waals surface area (Å²) in [6, 6.07) is 3.80. The van der Waals surface area contributed by atoms with Crippen molar-refractivity contribution in [2.24, 2.45) is 0 Å². The summed E-state index contributed by atoms with van der Waals surface area (Å²) < 4.78 is 27.6. The molecule has 1 aliphatic rings. The molecule has 0 unspecified atom stereocenters. The summed E-state index contributed by atoms with van der Waals surface area (Å²) in [7, 11) is 0. The Morgan fingerprint density at radius 1 is 1.33 bits per heavy atom. The minimum atomic E-state index is -1.30. The summed E-state index contributed by atoms with van der Waals surface area (Å²) in [6.07, 6.45) is 0.839. The number of halogens is 2. The number of fused-ring (bicyclic) bond motifs is 1. The Morgan fingerprint density at radius 2 is 2.10 bits per heavy atom. The molecule has 3 N–H and O–H groups in total. The summed E-state index contributed by atoms with van der Waals surface area (Å²) in [5.74, 6) is -0.289. The largest absolute Gasteiger partial charge is 0.353 e. The smallest absolute Gasteiger partial charge is 0.260 e. The van der Waals surface area contributed by atoms with Gasteiger partial charge in [0.05, 0.1) is 17.4 Å². The van der Waals surface area contributed by atoms with E-state index in [2.05, 4.69) is 20.6 Å². The lowest BCUT2D eigenvalue weighted by Gasteiger charge is -2.30. The van der Waals surface area contributed by atoms with Crippen LogP contribution in [-0.4, -0.2) is 35.3 Å². The first-order valence-corrected chi connectivity index (χ1v) is 6.89. The predicted molar refractivity (Wildman–Crippen MR) is 76.8 cm³/mol. The van der Waals surface area contributed by atoms with Crippen LogP contribution in [-0.2, 0) is 0 Å². The van der Waals surface area contributed by atoms with Crippen molar-refractivity contribution in [2.75, 3.05) is 25.0 Å². The van der Waals surface area contributed by atoms with Crippen molar-refractivity contribution in [1.82, 2.24) is 15.3 Å². The van der Waals surface area contributed by atoms with Gasteiger partial charge in [-0.1, -0.05) is 0 Å². The van der Waals surface area contributed by atoms with Crippen molar-refractivity contribution in [2.45, 2.75) is 18.5 Å². The molecule has 1 aromatic heterocycles. The molecule has 0 spiro atoms. The van der Waals surface area contributed by atoms with Gasteiger partial charge in [-0.25, -0.2) is 13.8 Å². The topological polar surface area (TPSA) is 69.8 Å². The van der Waals surface area contributed by atoms with Gasteiger partial charge in [-0.3, -0.25) is 9.78 Å². The van der Waals surface area contributed by atoms with Crippen LogP contribution < -0.4 is 16.2 Å². The second-order valence-electron chi connectivity index (χ2n) is 5.33. The highest BCUT2D eigenvalue weighted by Crippen LogP contribution is 2.23. The number of benzene rings is 1. The van der Waals surface area contributed by atoms with Crippen molar-refractivity contribution in [3.05, 3.63) is 34.4 Å². The first-order valence-electron chi connectivity index (χ1n) is 6.89. The molecule has 1 aliphatic heterocycles. The van der Waals surface area contributed by atoms with E-state index in [4.69, 9.17) is 0 Å². The number of aromatic amines is 1. The van der Waals surface area contributed by atoms with Crippen molar-refractivity contribution in [1.29, 1.82) is 0 Å². The molecule has 21 heavy (non-hydrogen) atoms. The lowest BCUT2D eigenvalue weighted by molar-refractivity contribution is 0.131. The molecule has 2 aromatic rings. The molecule has 1 saturated heterocycles. The highest BCUT2D eigenvalue weighted by atomic mass is 19.1. The van der Waals surface area contributed by atoms with Gasteiger partial charge in [0, 0.05) is 0 Å². The molecule has 1 fully saturated rings. The normalized spacial score (nSPS) is 17.8. The molecule has 1 aromatic carbocycles. The zero-order valence-corrected chi connectivity index (χ0v) is 11.4. The summed E-state index contributed by atoms with van der Waals surface area (Å²) in [4.78, 5) is 18.6. The SMILES string of the molecule is O=c1[nH]c(NCC2(F)CCNCC2)nc2ccc(F)cc12. The zero-order chi connectivity index (χ0) is 14.9. The summed E-state index contributed by atoms with van der Waals surface area (Å²) in [5.41, 5.74) is -1.37. The van der Waals surface area contributed by atoms with Gasteiger partial charge in [-0.2, -0.15) is 0 Å². The number of H-pyrrole nitrogens is 1. The number of nitrogens with zero attached hydrogens (tertiary/aromatic N) is 1. The first-order chi connectivity index (χ1) is 10.1. The van der Waals surface area contributed by atoms with Crippen molar-refractivity contribution in [3.63, 3.8) is 0 Å². The summed E-state index contributed by atoms with van der Waals surface area (Å²) >= 11 is 0. The van der Waals surface area contributed by atoms with Gasteiger partial charge < -0.3 is 10.6 Å². The van der Waals surface area contributed by atoms with E-state index in [1.807, 2.05) is 0 Å². The van der Waals surface area contributed by atoms with E-state index in [1.165, 1.54) is 12.1 Å². The number of nitrogens with one attached hydrogen (secondary N) is 3. The second-order valence-corrected chi connectivity index (χ2v) is 5.33. The van der Waals surface area contributed by atoms with Crippen LogP contribution >= 0.6 is 0 Å². The fraction of sp³-hybridized carbons (Fsp3) is 0.429. The second kappa shape index (κ2) is 5.40. The number of alkyl halides is 1. The van der Waals surface area contributed by atoms with Crippen LogP contribution in [0.4, 0.5) is 14.7 Å². The molecular formula is C14H16F2N4O. The maximum absolute atomic E-state index is 14.5. The Morgan fingerprint density at radius 3 is 2.86 bits per heavy atom. The van der Waals surface area contributed by atoms with Crippen molar-refractivity contribution in [3.8, 4) is 0 Å². The first kappa shape index (κ1) is 13.9. The Kier molecular flexibility index (Phi) is 3.59. The maximum Gasteiger partial charge on any atom is 0.260 e. The molecule has 5 nitrogen and oxygen atoms in total. The van der Waals surface area contributed by atoms with E-state index in [1.54, 1.807) is 0 Å². The van der Waals surface area contributed by atoms with Gasteiger partial charge in [0.15, 0.2) is 0 Å². The number of hydrogen-bond acceptors (Lipinski definition) is 4. The van der Waals surface area contributed by atoms with E-state index in [-0.39, 0.29) is 17.9 Å². The van der Waals surface area contributed by atoms with E-state index < -0.39 is 17.0 Å².